The van der Waals surface area contributed by atoms with Gasteiger partial charge in [0, 0.05) is 36.1 Å². The van der Waals surface area contributed by atoms with Crippen LogP contribution in [0.5, 0.6) is 0 Å². The van der Waals surface area contributed by atoms with E-state index >= 15 is 0 Å². The Bertz CT molecular complexity index is 1120. The second kappa shape index (κ2) is 11.2. The zero-order valence-electron chi connectivity index (χ0n) is 17.7. The first kappa shape index (κ1) is 23.9. The normalized spacial score (nSPS) is 10.9. The van der Waals surface area contributed by atoms with Crippen molar-refractivity contribution < 1.29 is 9.21 Å². The Morgan fingerprint density at radius 2 is 1.78 bits per heavy atom. The maximum absolute atomic E-state index is 12.2. The highest BCUT2D eigenvalue weighted by Crippen LogP contribution is 2.34. The van der Waals surface area contributed by atoms with Crippen LogP contribution in [0.25, 0.3) is 17.4 Å². The Kier molecular flexibility index (Phi) is 8.33. The average Bonchev–Trinajstić information content (AvgIpc) is 3.25. The van der Waals surface area contributed by atoms with Gasteiger partial charge in [0.25, 0.3) is 0 Å². The maximum Gasteiger partial charge on any atom is 0.250 e. The number of amides is 1. The molecule has 2 aromatic carbocycles. The highest BCUT2D eigenvalue weighted by Gasteiger charge is 2.10. The summed E-state index contributed by atoms with van der Waals surface area (Å²) in [4.78, 5) is 14.4. The highest BCUT2D eigenvalue weighted by atomic mass is 35.5. The average molecular weight is 488 g/mol. The number of benzene rings is 2. The van der Waals surface area contributed by atoms with Crippen molar-refractivity contribution in [2.45, 2.75) is 13.8 Å². The number of halogens is 2. The number of nitrogens with one attached hydrogen (secondary N) is 2. The van der Waals surface area contributed by atoms with Gasteiger partial charge in [0.15, 0.2) is 5.11 Å². The van der Waals surface area contributed by atoms with Gasteiger partial charge in [-0.05, 0) is 80.7 Å². The Morgan fingerprint density at radius 1 is 1.06 bits per heavy atom. The molecule has 1 amide bonds. The van der Waals surface area contributed by atoms with Gasteiger partial charge in [-0.15, -0.1) is 0 Å². The van der Waals surface area contributed by atoms with Crippen LogP contribution in [-0.2, 0) is 4.79 Å². The Morgan fingerprint density at radius 3 is 2.47 bits per heavy atom. The molecule has 0 fully saturated rings. The molecule has 3 aromatic rings. The number of thiocarbonyl (C=S) groups is 1. The van der Waals surface area contributed by atoms with E-state index in [0.29, 0.717) is 27.1 Å². The van der Waals surface area contributed by atoms with Gasteiger partial charge in [0.2, 0.25) is 5.91 Å². The van der Waals surface area contributed by atoms with Crippen molar-refractivity contribution in [2.75, 3.05) is 23.3 Å². The highest BCUT2D eigenvalue weighted by molar-refractivity contribution is 7.80. The predicted octanol–water partition coefficient (Wildman–Crippen LogP) is 6.63. The van der Waals surface area contributed by atoms with E-state index in [1.165, 1.54) is 6.08 Å². The minimum atomic E-state index is -0.374. The number of hydrogen-bond acceptors (Lipinski definition) is 4. The van der Waals surface area contributed by atoms with Gasteiger partial charge in [0.1, 0.15) is 11.5 Å². The van der Waals surface area contributed by atoms with Crippen LogP contribution in [0, 0.1) is 0 Å². The standard InChI is InChI=1S/C24H23Cl2N3O2S/c1-3-29(4-2)17-10-8-16(9-11-17)27-24(32)28-22(30)15-13-18-12-14-21(31-18)19-6-5-7-20(25)23(19)26/h5-15H,3-4H2,1-2H3,(H2,27,28,30,32). The number of anilines is 2. The second-order valence-electron chi connectivity index (χ2n) is 6.80. The van der Waals surface area contributed by atoms with Crippen LogP contribution < -0.4 is 15.5 Å². The number of carbonyl (C=O) groups excluding carboxylic acids is 1. The number of rotatable bonds is 7. The van der Waals surface area contributed by atoms with E-state index in [9.17, 15) is 4.79 Å². The summed E-state index contributed by atoms with van der Waals surface area (Å²) in [6.45, 7) is 6.11. The molecule has 3 rings (SSSR count). The molecule has 0 aliphatic rings. The largest absolute Gasteiger partial charge is 0.457 e. The maximum atomic E-state index is 12.2. The lowest BCUT2D eigenvalue weighted by molar-refractivity contribution is -0.115. The molecule has 2 N–H and O–H groups in total. The molecule has 0 unspecified atom stereocenters. The molecule has 166 valence electrons. The molecule has 1 heterocycles. The first-order valence-corrected chi connectivity index (χ1v) is 11.3. The monoisotopic (exact) mass is 487 g/mol. The first-order chi connectivity index (χ1) is 15.4. The fraction of sp³-hybridized carbons (Fsp3) is 0.167. The Labute approximate surface area is 203 Å². The summed E-state index contributed by atoms with van der Waals surface area (Å²) >= 11 is 17.5. The van der Waals surface area contributed by atoms with E-state index < -0.39 is 0 Å². The molecule has 0 saturated carbocycles. The third kappa shape index (κ3) is 6.13. The molecule has 0 aliphatic heterocycles. The Balaban J connectivity index is 1.56. The zero-order chi connectivity index (χ0) is 23.1. The minimum absolute atomic E-state index is 0.209. The van der Waals surface area contributed by atoms with E-state index in [4.69, 9.17) is 39.8 Å². The topological polar surface area (TPSA) is 57.5 Å². The van der Waals surface area contributed by atoms with Crippen molar-refractivity contribution in [3.05, 3.63) is 76.5 Å². The van der Waals surface area contributed by atoms with Crippen molar-refractivity contribution in [3.8, 4) is 11.3 Å². The summed E-state index contributed by atoms with van der Waals surface area (Å²) in [5.41, 5.74) is 2.61. The third-order valence-corrected chi connectivity index (χ3v) is 5.76. The van der Waals surface area contributed by atoms with Crippen LogP contribution in [0.2, 0.25) is 10.0 Å². The van der Waals surface area contributed by atoms with Gasteiger partial charge in [-0.3, -0.25) is 10.1 Å². The lowest BCUT2D eigenvalue weighted by Gasteiger charge is -2.21. The fourth-order valence-electron chi connectivity index (χ4n) is 3.10. The molecular formula is C24H23Cl2N3O2S. The molecule has 0 bridgehead atoms. The number of furan rings is 1. The summed E-state index contributed by atoms with van der Waals surface area (Å²) in [6.07, 6.45) is 2.90. The number of hydrogen-bond donors (Lipinski definition) is 2. The SMILES string of the molecule is CCN(CC)c1ccc(NC(=S)NC(=O)C=Cc2ccc(-c3cccc(Cl)c3Cl)o2)cc1. The van der Waals surface area contributed by atoms with E-state index in [2.05, 4.69) is 29.4 Å². The van der Waals surface area contributed by atoms with Crippen LogP contribution in [0.4, 0.5) is 11.4 Å². The van der Waals surface area contributed by atoms with Crippen molar-refractivity contribution in [3.63, 3.8) is 0 Å². The predicted molar refractivity (Wildman–Crippen MR) is 138 cm³/mol. The van der Waals surface area contributed by atoms with Crippen molar-refractivity contribution in [1.82, 2.24) is 5.32 Å². The van der Waals surface area contributed by atoms with E-state index in [0.717, 1.165) is 24.5 Å². The van der Waals surface area contributed by atoms with E-state index in [1.807, 2.05) is 30.3 Å². The van der Waals surface area contributed by atoms with Gasteiger partial charge in [-0.25, -0.2) is 0 Å². The van der Waals surface area contributed by atoms with Crippen LogP contribution >= 0.6 is 35.4 Å². The lowest BCUT2D eigenvalue weighted by Crippen LogP contribution is -2.32. The summed E-state index contributed by atoms with van der Waals surface area (Å²) < 4.78 is 5.74. The van der Waals surface area contributed by atoms with Gasteiger partial charge < -0.3 is 14.6 Å². The van der Waals surface area contributed by atoms with Crippen molar-refractivity contribution >= 4 is 63.9 Å². The Hall–Kier alpha value is -2.80. The van der Waals surface area contributed by atoms with Gasteiger partial charge in [-0.1, -0.05) is 29.3 Å². The van der Waals surface area contributed by atoms with E-state index in [-0.39, 0.29) is 11.0 Å². The second-order valence-corrected chi connectivity index (χ2v) is 7.99. The molecule has 1 aromatic heterocycles. The quantitative estimate of drug-likeness (QED) is 0.289. The van der Waals surface area contributed by atoms with Gasteiger partial charge in [0.05, 0.1) is 10.0 Å². The van der Waals surface area contributed by atoms with Crippen molar-refractivity contribution in [2.24, 2.45) is 0 Å². The number of carbonyl (C=O) groups is 1. The zero-order valence-corrected chi connectivity index (χ0v) is 20.0. The first-order valence-electron chi connectivity index (χ1n) is 10.1. The molecule has 0 saturated heterocycles. The van der Waals surface area contributed by atoms with Gasteiger partial charge in [-0.2, -0.15) is 0 Å². The number of nitrogens with zero attached hydrogens (tertiary/aromatic N) is 1. The molecule has 0 atom stereocenters. The molecule has 32 heavy (non-hydrogen) atoms. The minimum Gasteiger partial charge on any atom is -0.457 e. The fourth-order valence-corrected chi connectivity index (χ4v) is 3.71. The molecule has 0 radical (unpaired) electrons. The van der Waals surface area contributed by atoms with Crippen LogP contribution in [-0.4, -0.2) is 24.1 Å². The molecule has 5 nitrogen and oxygen atoms in total. The molecule has 0 aliphatic carbocycles. The third-order valence-electron chi connectivity index (χ3n) is 4.73. The summed E-state index contributed by atoms with van der Waals surface area (Å²) in [7, 11) is 0. The molecule has 0 spiro atoms. The summed E-state index contributed by atoms with van der Waals surface area (Å²) in [5.74, 6) is 0.681. The molecular weight excluding hydrogens is 465 g/mol. The van der Waals surface area contributed by atoms with Crippen LogP contribution in [0.15, 0.2) is 65.1 Å². The van der Waals surface area contributed by atoms with Crippen LogP contribution in [0.1, 0.15) is 19.6 Å². The van der Waals surface area contributed by atoms with Gasteiger partial charge >= 0.3 is 0 Å². The van der Waals surface area contributed by atoms with Crippen molar-refractivity contribution in [1.29, 1.82) is 0 Å². The van der Waals surface area contributed by atoms with Crippen LogP contribution in [0.3, 0.4) is 0 Å². The van der Waals surface area contributed by atoms with E-state index in [1.54, 1.807) is 30.3 Å². The molecule has 8 heteroatoms. The smallest absolute Gasteiger partial charge is 0.250 e. The summed E-state index contributed by atoms with van der Waals surface area (Å²) in [6, 6.07) is 16.7. The summed E-state index contributed by atoms with van der Waals surface area (Å²) in [5, 5.41) is 6.69. The lowest BCUT2D eigenvalue weighted by atomic mass is 10.2.